The molecule has 5 aromatic rings. The third kappa shape index (κ3) is 3.05. The van der Waals surface area contributed by atoms with Gasteiger partial charge in [0, 0.05) is 26.9 Å². The molecule has 0 fully saturated rings. The first kappa shape index (κ1) is 19.5. The molecule has 0 amide bonds. The summed E-state index contributed by atoms with van der Waals surface area (Å²) in [6.07, 6.45) is -3.31. The molecule has 0 aromatic carbocycles. The highest BCUT2D eigenvalue weighted by Gasteiger charge is 2.60. The predicted molar refractivity (Wildman–Crippen MR) is 102 cm³/mol. The average molecular weight is 451 g/mol. The molecule has 12 heteroatoms. The molecule has 0 atom stereocenters. The maximum absolute atomic E-state index is 14.3. The molecule has 0 saturated heterocycles. The van der Waals surface area contributed by atoms with Gasteiger partial charge < -0.3 is 4.42 Å². The first-order chi connectivity index (χ1) is 14.6. The van der Waals surface area contributed by atoms with E-state index < -0.39 is 17.8 Å². The Labute approximate surface area is 174 Å². The van der Waals surface area contributed by atoms with Gasteiger partial charge in [0.2, 0.25) is 6.39 Å². The summed E-state index contributed by atoms with van der Waals surface area (Å²) >= 11 is 1.28. The van der Waals surface area contributed by atoms with Crippen LogP contribution in [0.1, 0.15) is 10.6 Å². The van der Waals surface area contributed by atoms with Crippen molar-refractivity contribution in [2.45, 2.75) is 19.0 Å². The highest BCUT2D eigenvalue weighted by atomic mass is 32.1. The number of thiophene rings is 1. The van der Waals surface area contributed by atoms with Crippen molar-refractivity contribution in [2.75, 3.05) is 0 Å². The van der Waals surface area contributed by atoms with Gasteiger partial charge in [0.05, 0.1) is 0 Å². The molecule has 0 saturated carbocycles. The Balaban J connectivity index is 1.85. The van der Waals surface area contributed by atoms with Gasteiger partial charge in [-0.25, -0.2) is 9.97 Å². The lowest BCUT2D eigenvalue weighted by Crippen LogP contribution is -2.34. The second-order valence-corrected chi connectivity index (χ2v) is 7.99. The summed E-state index contributed by atoms with van der Waals surface area (Å²) in [5.41, 5.74) is -0.772. The second-order valence-electron chi connectivity index (χ2n) is 6.71. The number of fused-ring (bicyclic) bond motifs is 3. The molecule has 6 nitrogen and oxygen atoms in total. The smallest absolute Gasteiger partial charge is 0.422 e. The monoisotopic (exact) mass is 451 g/mol. The van der Waals surface area contributed by atoms with Crippen LogP contribution in [-0.4, -0.2) is 30.7 Å². The number of alkyl halides is 5. The van der Waals surface area contributed by atoms with Gasteiger partial charge in [-0.05, 0) is 37.3 Å². The minimum Gasteiger partial charge on any atom is -0.422 e. The molecule has 0 aliphatic carbocycles. The van der Waals surface area contributed by atoms with Gasteiger partial charge in [-0.3, -0.25) is 4.40 Å². The summed E-state index contributed by atoms with van der Waals surface area (Å²) in [5.74, 6) is -5.07. The number of rotatable bonds is 3. The molecule has 0 aliphatic heterocycles. The van der Waals surface area contributed by atoms with Gasteiger partial charge in [-0.15, -0.1) is 21.5 Å². The summed E-state index contributed by atoms with van der Waals surface area (Å²) in [4.78, 5) is 9.42. The van der Waals surface area contributed by atoms with Gasteiger partial charge in [0.1, 0.15) is 22.7 Å². The molecular formula is C19H10F5N5OS. The summed E-state index contributed by atoms with van der Waals surface area (Å²) in [7, 11) is 0. The van der Waals surface area contributed by atoms with Crippen molar-refractivity contribution in [1.82, 2.24) is 24.6 Å². The molecule has 0 N–H and O–H groups in total. The van der Waals surface area contributed by atoms with E-state index in [-0.39, 0.29) is 28.4 Å². The van der Waals surface area contributed by atoms with Crippen molar-refractivity contribution in [2.24, 2.45) is 0 Å². The van der Waals surface area contributed by atoms with Gasteiger partial charge >= 0.3 is 12.1 Å². The minimum atomic E-state index is -5.80. The number of aromatic nitrogens is 5. The van der Waals surface area contributed by atoms with E-state index in [1.54, 1.807) is 24.3 Å². The van der Waals surface area contributed by atoms with Crippen molar-refractivity contribution < 1.29 is 26.4 Å². The fourth-order valence-electron chi connectivity index (χ4n) is 3.21. The van der Waals surface area contributed by atoms with E-state index in [9.17, 15) is 22.0 Å². The van der Waals surface area contributed by atoms with Crippen LogP contribution >= 0.6 is 11.3 Å². The van der Waals surface area contributed by atoms with Crippen LogP contribution in [-0.2, 0) is 5.92 Å². The first-order valence-electron chi connectivity index (χ1n) is 8.76. The highest BCUT2D eigenvalue weighted by molar-refractivity contribution is 7.15. The van der Waals surface area contributed by atoms with Crippen LogP contribution in [0.5, 0.6) is 0 Å². The van der Waals surface area contributed by atoms with E-state index >= 15 is 0 Å². The van der Waals surface area contributed by atoms with Crippen LogP contribution in [0, 0.1) is 6.92 Å². The van der Waals surface area contributed by atoms with Crippen LogP contribution in [0.2, 0.25) is 0 Å². The lowest BCUT2D eigenvalue weighted by Gasteiger charge is -2.20. The van der Waals surface area contributed by atoms with E-state index in [0.717, 1.165) is 17.3 Å². The van der Waals surface area contributed by atoms with E-state index in [1.165, 1.54) is 21.9 Å². The number of halogens is 5. The SMILES string of the molecule is Cc1ccc(-c2cc(C(F)(F)C(F)(F)F)nc3c2ccc2nc(-c4nnco4)cn23)s1. The minimum absolute atomic E-state index is 0.0720. The number of hydrogen-bond acceptors (Lipinski definition) is 6. The topological polar surface area (TPSA) is 69.1 Å². The summed E-state index contributed by atoms with van der Waals surface area (Å²) in [5, 5.41) is 7.69. The van der Waals surface area contributed by atoms with Crippen molar-refractivity contribution in [3.8, 4) is 22.0 Å². The van der Waals surface area contributed by atoms with Crippen LogP contribution in [0.3, 0.4) is 0 Å². The fraction of sp³-hybridized carbons (Fsp3) is 0.158. The van der Waals surface area contributed by atoms with Gasteiger partial charge in [-0.2, -0.15) is 22.0 Å². The van der Waals surface area contributed by atoms with Crippen molar-refractivity contribution in [1.29, 1.82) is 0 Å². The van der Waals surface area contributed by atoms with E-state index in [2.05, 4.69) is 20.2 Å². The molecule has 31 heavy (non-hydrogen) atoms. The highest BCUT2D eigenvalue weighted by Crippen LogP contribution is 2.45. The Hall–Kier alpha value is -3.41. The number of nitrogens with zero attached hydrogens (tertiary/aromatic N) is 5. The molecule has 158 valence electrons. The zero-order valence-corrected chi connectivity index (χ0v) is 16.3. The molecule has 0 aliphatic rings. The maximum Gasteiger partial charge on any atom is 0.459 e. The third-order valence-electron chi connectivity index (χ3n) is 4.66. The molecule has 5 aromatic heterocycles. The zero-order valence-electron chi connectivity index (χ0n) is 15.5. The van der Waals surface area contributed by atoms with Crippen molar-refractivity contribution in [3.63, 3.8) is 0 Å². The number of pyridine rings is 2. The Bertz CT molecular complexity index is 1420. The number of aryl methyl sites for hydroxylation is 1. The van der Waals surface area contributed by atoms with Crippen LogP contribution in [0.15, 0.2) is 47.3 Å². The fourth-order valence-corrected chi connectivity index (χ4v) is 4.10. The molecule has 5 rings (SSSR count). The second kappa shape index (κ2) is 6.54. The number of imidazole rings is 1. The number of hydrogen-bond donors (Lipinski definition) is 0. The Morgan fingerprint density at radius 1 is 1.03 bits per heavy atom. The van der Waals surface area contributed by atoms with Crippen LogP contribution in [0.25, 0.3) is 38.7 Å². The molecule has 0 unspecified atom stereocenters. The molecule has 5 heterocycles. The summed E-state index contributed by atoms with van der Waals surface area (Å²) in [6.45, 7) is 1.81. The maximum atomic E-state index is 14.3. The Morgan fingerprint density at radius 2 is 1.84 bits per heavy atom. The largest absolute Gasteiger partial charge is 0.459 e. The van der Waals surface area contributed by atoms with E-state index in [4.69, 9.17) is 4.42 Å². The van der Waals surface area contributed by atoms with Gasteiger partial charge in [0.25, 0.3) is 5.89 Å². The average Bonchev–Trinajstić information content (AvgIpc) is 3.45. The molecule has 0 bridgehead atoms. The van der Waals surface area contributed by atoms with Crippen molar-refractivity contribution >= 4 is 28.0 Å². The van der Waals surface area contributed by atoms with Gasteiger partial charge in [0.15, 0.2) is 0 Å². The Kier molecular flexibility index (Phi) is 4.13. The van der Waals surface area contributed by atoms with Crippen LogP contribution in [0.4, 0.5) is 22.0 Å². The molecule has 0 spiro atoms. The van der Waals surface area contributed by atoms with E-state index in [0.29, 0.717) is 10.3 Å². The third-order valence-corrected chi connectivity index (χ3v) is 5.70. The zero-order chi connectivity index (χ0) is 22.0. The lowest BCUT2D eigenvalue weighted by atomic mass is 10.1. The quantitative estimate of drug-likeness (QED) is 0.333. The van der Waals surface area contributed by atoms with E-state index in [1.807, 2.05) is 6.92 Å². The standard InChI is InChI=1S/C19H10F5N5OS/c1-9-2-4-13(31-9)11-6-14(18(20,21)19(22,23)24)27-16-10(11)3-5-15-26-12(7-29(15)16)17-28-25-8-30-17/h2-8H,1H3. The Morgan fingerprint density at radius 3 is 2.48 bits per heavy atom. The molecule has 0 radical (unpaired) electrons. The van der Waals surface area contributed by atoms with Gasteiger partial charge in [-0.1, -0.05) is 0 Å². The van der Waals surface area contributed by atoms with Crippen molar-refractivity contribution in [3.05, 3.63) is 53.5 Å². The van der Waals surface area contributed by atoms with Crippen LogP contribution < -0.4 is 0 Å². The summed E-state index contributed by atoms with van der Waals surface area (Å²) in [6, 6.07) is 7.42. The normalized spacial score (nSPS) is 12.8. The lowest BCUT2D eigenvalue weighted by molar-refractivity contribution is -0.290. The molecular weight excluding hydrogens is 441 g/mol. The predicted octanol–water partition coefficient (Wildman–Crippen LogP) is 5.62. The first-order valence-corrected chi connectivity index (χ1v) is 9.58. The summed E-state index contributed by atoms with van der Waals surface area (Å²) < 4.78 is 74.4.